The van der Waals surface area contributed by atoms with Gasteiger partial charge in [-0.15, -0.1) is 24.0 Å². The van der Waals surface area contributed by atoms with E-state index in [1.54, 1.807) is 31.3 Å². The topological polar surface area (TPSA) is 48.9 Å². The number of halogens is 4. The Kier molecular flexibility index (Phi) is 11.3. The van der Waals surface area contributed by atoms with Crippen LogP contribution in [0.1, 0.15) is 17.5 Å². The highest BCUT2D eigenvalue weighted by Crippen LogP contribution is 2.19. The molecule has 9 heteroatoms. The van der Waals surface area contributed by atoms with Crippen LogP contribution in [0.3, 0.4) is 0 Å². The lowest BCUT2D eigenvalue weighted by Crippen LogP contribution is -2.40. The summed E-state index contributed by atoms with van der Waals surface area (Å²) in [7, 11) is 1.73. The highest BCUT2D eigenvalue weighted by Gasteiger charge is 2.28. The van der Waals surface area contributed by atoms with Crippen molar-refractivity contribution in [2.45, 2.75) is 25.6 Å². The number of hydrogen-bond donors (Lipinski definition) is 2. The number of ether oxygens (including phenoxy) is 1. The average Bonchev–Trinajstić information content (AvgIpc) is 3.25. The number of likely N-dealkylation sites (tertiary alicyclic amines) is 1. The van der Waals surface area contributed by atoms with Gasteiger partial charge in [-0.3, -0.25) is 4.99 Å². The molecule has 1 aliphatic heterocycles. The van der Waals surface area contributed by atoms with Crippen molar-refractivity contribution in [2.24, 2.45) is 10.9 Å². The van der Waals surface area contributed by atoms with Crippen molar-refractivity contribution in [3.05, 3.63) is 65.7 Å². The van der Waals surface area contributed by atoms with Crippen LogP contribution in [0.4, 0.5) is 13.2 Å². The van der Waals surface area contributed by atoms with Crippen LogP contribution in [0.2, 0.25) is 0 Å². The molecule has 2 aromatic carbocycles. The molecule has 3 rings (SSSR count). The number of aliphatic imine (C=N–C) groups is 1. The quantitative estimate of drug-likeness (QED) is 0.263. The van der Waals surface area contributed by atoms with Gasteiger partial charge in [0, 0.05) is 33.2 Å². The number of hydrogen-bond acceptors (Lipinski definition) is 3. The predicted octanol–water partition coefficient (Wildman–Crippen LogP) is 4.48. The zero-order valence-corrected chi connectivity index (χ0v) is 21.1. The summed E-state index contributed by atoms with van der Waals surface area (Å²) in [6.07, 6.45) is -2.10. The second kappa shape index (κ2) is 13.6. The van der Waals surface area contributed by atoms with Crippen LogP contribution >= 0.6 is 24.0 Å². The number of nitrogens with zero attached hydrogens (tertiary/aromatic N) is 2. The summed E-state index contributed by atoms with van der Waals surface area (Å²) in [4.78, 5) is 6.78. The summed E-state index contributed by atoms with van der Waals surface area (Å²) in [5.41, 5.74) is 2.30. The maximum absolute atomic E-state index is 12.2. The molecule has 0 radical (unpaired) electrons. The Morgan fingerprint density at radius 3 is 2.45 bits per heavy atom. The molecular weight excluding hydrogens is 544 g/mol. The second-order valence-electron chi connectivity index (χ2n) is 8.05. The van der Waals surface area contributed by atoms with E-state index in [1.807, 2.05) is 6.07 Å². The van der Waals surface area contributed by atoms with E-state index in [1.165, 1.54) is 5.56 Å². The SMILES string of the molecule is CN=C(NCc1ccc(OCC(F)(F)F)cc1)NCC1CCN(CCc2ccccc2)C1.I. The van der Waals surface area contributed by atoms with Gasteiger partial charge in [0.15, 0.2) is 12.6 Å². The van der Waals surface area contributed by atoms with Crippen LogP contribution in [0.15, 0.2) is 59.6 Å². The Bertz CT molecular complexity index is 847. The van der Waals surface area contributed by atoms with Gasteiger partial charge in [0.05, 0.1) is 0 Å². The first-order valence-corrected chi connectivity index (χ1v) is 10.9. The number of rotatable bonds is 9. The minimum Gasteiger partial charge on any atom is -0.484 e. The maximum Gasteiger partial charge on any atom is 0.422 e. The molecule has 0 aliphatic carbocycles. The molecule has 5 nitrogen and oxygen atoms in total. The summed E-state index contributed by atoms with van der Waals surface area (Å²) >= 11 is 0. The van der Waals surface area contributed by atoms with Crippen molar-refractivity contribution in [2.75, 3.05) is 39.8 Å². The number of alkyl halides is 3. The zero-order valence-electron chi connectivity index (χ0n) is 18.8. The molecule has 33 heavy (non-hydrogen) atoms. The third-order valence-corrected chi connectivity index (χ3v) is 5.50. The molecule has 1 heterocycles. The third-order valence-electron chi connectivity index (χ3n) is 5.50. The number of guanidine groups is 1. The zero-order chi connectivity index (χ0) is 22.8. The van der Waals surface area contributed by atoms with Gasteiger partial charge in [0.2, 0.25) is 0 Å². The van der Waals surface area contributed by atoms with Crippen molar-refractivity contribution in [3.63, 3.8) is 0 Å². The molecule has 2 N–H and O–H groups in total. The van der Waals surface area contributed by atoms with Gasteiger partial charge >= 0.3 is 6.18 Å². The van der Waals surface area contributed by atoms with Crippen LogP contribution in [0.5, 0.6) is 5.75 Å². The van der Waals surface area contributed by atoms with E-state index in [9.17, 15) is 13.2 Å². The van der Waals surface area contributed by atoms with E-state index in [-0.39, 0.29) is 29.7 Å². The van der Waals surface area contributed by atoms with Crippen LogP contribution in [0, 0.1) is 5.92 Å². The van der Waals surface area contributed by atoms with Crippen molar-refractivity contribution >= 4 is 29.9 Å². The lowest BCUT2D eigenvalue weighted by molar-refractivity contribution is -0.153. The van der Waals surface area contributed by atoms with Gasteiger partial charge in [-0.1, -0.05) is 42.5 Å². The van der Waals surface area contributed by atoms with Gasteiger partial charge in [0.25, 0.3) is 0 Å². The van der Waals surface area contributed by atoms with Crippen LogP contribution in [0.25, 0.3) is 0 Å². The van der Waals surface area contributed by atoms with Crippen LogP contribution in [-0.4, -0.2) is 56.9 Å². The Balaban J connectivity index is 0.00000385. The van der Waals surface area contributed by atoms with E-state index < -0.39 is 12.8 Å². The van der Waals surface area contributed by atoms with Crippen molar-refractivity contribution < 1.29 is 17.9 Å². The fraction of sp³-hybridized carbons (Fsp3) is 0.458. The number of nitrogens with one attached hydrogen (secondary N) is 2. The van der Waals surface area contributed by atoms with Crippen molar-refractivity contribution in [1.82, 2.24) is 15.5 Å². The van der Waals surface area contributed by atoms with E-state index in [0.29, 0.717) is 18.4 Å². The fourth-order valence-electron chi connectivity index (χ4n) is 3.73. The lowest BCUT2D eigenvalue weighted by atomic mass is 10.1. The lowest BCUT2D eigenvalue weighted by Gasteiger charge is -2.17. The summed E-state index contributed by atoms with van der Waals surface area (Å²) in [6.45, 7) is 3.37. The van der Waals surface area contributed by atoms with E-state index in [0.717, 1.165) is 44.6 Å². The Hall–Kier alpha value is -2.01. The first-order valence-electron chi connectivity index (χ1n) is 10.9. The molecule has 0 amide bonds. The van der Waals surface area contributed by atoms with Gasteiger partial charge in [-0.05, 0) is 48.6 Å². The monoisotopic (exact) mass is 576 g/mol. The molecule has 0 bridgehead atoms. The van der Waals surface area contributed by atoms with Gasteiger partial charge in [0.1, 0.15) is 5.75 Å². The molecule has 1 atom stereocenters. The van der Waals surface area contributed by atoms with Crippen molar-refractivity contribution in [3.8, 4) is 5.75 Å². The Morgan fingerprint density at radius 2 is 1.79 bits per heavy atom. The fourth-order valence-corrected chi connectivity index (χ4v) is 3.73. The third kappa shape index (κ3) is 10.2. The number of benzene rings is 2. The molecule has 1 saturated heterocycles. The van der Waals surface area contributed by atoms with E-state index >= 15 is 0 Å². The molecule has 0 saturated carbocycles. The summed E-state index contributed by atoms with van der Waals surface area (Å²) in [6, 6.07) is 17.1. The molecule has 0 aromatic heterocycles. The molecule has 1 fully saturated rings. The summed E-state index contributed by atoms with van der Waals surface area (Å²) in [5, 5.41) is 6.63. The molecular formula is C24H32F3IN4O. The summed E-state index contributed by atoms with van der Waals surface area (Å²) < 4.78 is 41.4. The van der Waals surface area contributed by atoms with Crippen molar-refractivity contribution in [1.29, 1.82) is 0 Å². The van der Waals surface area contributed by atoms with Gasteiger partial charge in [-0.25, -0.2) is 0 Å². The van der Waals surface area contributed by atoms with E-state index in [2.05, 4.69) is 44.8 Å². The largest absolute Gasteiger partial charge is 0.484 e. The summed E-state index contributed by atoms with van der Waals surface area (Å²) in [5.74, 6) is 1.49. The minimum absolute atomic E-state index is 0. The second-order valence-corrected chi connectivity index (χ2v) is 8.05. The Labute approximate surface area is 210 Å². The first-order chi connectivity index (χ1) is 15.4. The predicted molar refractivity (Wildman–Crippen MR) is 136 cm³/mol. The highest BCUT2D eigenvalue weighted by molar-refractivity contribution is 14.0. The highest BCUT2D eigenvalue weighted by atomic mass is 127. The van der Waals surface area contributed by atoms with Gasteiger partial charge < -0.3 is 20.3 Å². The molecule has 0 spiro atoms. The van der Waals surface area contributed by atoms with Crippen LogP contribution in [-0.2, 0) is 13.0 Å². The molecule has 1 unspecified atom stereocenters. The smallest absolute Gasteiger partial charge is 0.422 e. The molecule has 182 valence electrons. The molecule has 1 aliphatic rings. The maximum atomic E-state index is 12.2. The minimum atomic E-state index is -4.34. The Morgan fingerprint density at radius 1 is 1.06 bits per heavy atom. The molecule has 2 aromatic rings. The first kappa shape index (κ1) is 27.2. The van der Waals surface area contributed by atoms with E-state index in [4.69, 9.17) is 4.74 Å². The van der Waals surface area contributed by atoms with Crippen LogP contribution < -0.4 is 15.4 Å². The average molecular weight is 576 g/mol. The normalized spacial score (nSPS) is 16.8. The standard InChI is InChI=1S/C24H31F3N4O.HI/c1-28-23(29-15-20-7-9-22(10-8-20)32-18-24(25,26)27)30-16-21-12-14-31(17-21)13-11-19-5-3-2-4-6-19;/h2-10,21H,11-18H2,1H3,(H2,28,29,30);1H. The van der Waals surface area contributed by atoms with Gasteiger partial charge in [-0.2, -0.15) is 13.2 Å².